The molecule has 0 spiro atoms. The number of aromatic nitrogens is 4. The van der Waals surface area contributed by atoms with Gasteiger partial charge in [-0.25, -0.2) is 14.2 Å². The highest BCUT2D eigenvalue weighted by molar-refractivity contribution is 7.71. The molecule has 0 aliphatic carbocycles. The van der Waals surface area contributed by atoms with Gasteiger partial charge in [-0.2, -0.15) is 4.68 Å². The van der Waals surface area contributed by atoms with E-state index in [4.69, 9.17) is 26.4 Å². The van der Waals surface area contributed by atoms with E-state index in [0.717, 1.165) is 16.5 Å². The summed E-state index contributed by atoms with van der Waals surface area (Å²) in [4.78, 5) is 27.4. The number of fused-ring (bicyclic) bond motifs is 1. The minimum Gasteiger partial charge on any atom is -0.473 e. The monoisotopic (exact) mass is 564 g/mol. The van der Waals surface area contributed by atoms with Crippen molar-refractivity contribution in [1.82, 2.24) is 18.7 Å². The summed E-state index contributed by atoms with van der Waals surface area (Å²) in [5.74, 6) is 0.592. The number of carbonyl (C=O) groups excluding carboxylic acids is 2. The second kappa shape index (κ2) is 8.86. The molecule has 0 unspecified atom stereocenters. The molecule has 0 aliphatic heterocycles. The summed E-state index contributed by atoms with van der Waals surface area (Å²) in [6.45, 7) is 18.8. The molecular formula is C30H36N4O5S. The van der Waals surface area contributed by atoms with E-state index in [9.17, 15) is 9.59 Å². The molecule has 2 aromatic carbocycles. The van der Waals surface area contributed by atoms with Crippen LogP contribution in [0.15, 0.2) is 30.3 Å². The predicted octanol–water partition coefficient (Wildman–Crippen LogP) is 8.11. The fourth-order valence-corrected chi connectivity index (χ4v) is 5.13. The van der Waals surface area contributed by atoms with E-state index >= 15 is 0 Å². The molecule has 5 aromatic rings. The maximum atomic E-state index is 13.9. The number of H-pyrrole nitrogens is 1. The van der Waals surface area contributed by atoms with E-state index in [-0.39, 0.29) is 0 Å². The van der Waals surface area contributed by atoms with Crippen molar-refractivity contribution < 1.29 is 23.8 Å². The van der Waals surface area contributed by atoms with Gasteiger partial charge < -0.3 is 14.2 Å². The maximum absolute atomic E-state index is 13.9. The van der Waals surface area contributed by atoms with Crippen LogP contribution in [-0.2, 0) is 9.47 Å². The lowest BCUT2D eigenvalue weighted by atomic mass is 10.1. The van der Waals surface area contributed by atoms with Crippen molar-refractivity contribution in [3.05, 3.63) is 40.4 Å². The molecule has 3 aromatic heterocycles. The van der Waals surface area contributed by atoms with Gasteiger partial charge in [-0.3, -0.25) is 9.50 Å². The summed E-state index contributed by atoms with van der Waals surface area (Å²) >= 11 is 5.65. The van der Waals surface area contributed by atoms with Crippen LogP contribution in [0.5, 0.6) is 5.88 Å². The molecule has 0 saturated heterocycles. The number of rotatable bonds is 1. The summed E-state index contributed by atoms with van der Waals surface area (Å²) in [6, 6.07) is 9.24. The highest BCUT2D eigenvalue weighted by Crippen LogP contribution is 2.40. The lowest BCUT2D eigenvalue weighted by Crippen LogP contribution is -2.28. The average molecular weight is 565 g/mol. The number of aryl methyl sites for hydroxylation is 1. The lowest BCUT2D eigenvalue weighted by Gasteiger charge is -2.22. The van der Waals surface area contributed by atoms with Gasteiger partial charge in [0.25, 0.3) is 0 Å². The first-order chi connectivity index (χ1) is 18.4. The topological polar surface area (TPSA) is 91.9 Å². The first kappa shape index (κ1) is 27.8. The van der Waals surface area contributed by atoms with Crippen molar-refractivity contribution in [3.63, 3.8) is 0 Å². The van der Waals surface area contributed by atoms with E-state index in [1.54, 1.807) is 32.9 Å². The van der Waals surface area contributed by atoms with Gasteiger partial charge in [0.05, 0.1) is 27.5 Å². The molecule has 9 nitrogen and oxygen atoms in total. The Labute approximate surface area is 237 Å². The molecule has 0 bridgehead atoms. The third kappa shape index (κ3) is 4.74. The Balaban J connectivity index is 2.08. The minimum absolute atomic E-state index is 0.444. The standard InChI is InChI=1S/C30H36N4O5S/c1-16-18-12-11-13-19-23(18)33(25(16)37-28(2,3)4)24-22-20(32(19)26(35)38-29(5,6)7)14-17(40)15-21(22)34(31-24)27(36)39-30(8,9)10/h11-15,31H,1-10H3. The van der Waals surface area contributed by atoms with Gasteiger partial charge in [-0.1, -0.05) is 24.4 Å². The summed E-state index contributed by atoms with van der Waals surface area (Å²) in [5.41, 5.74) is 1.71. The second-order valence-corrected chi connectivity index (χ2v) is 13.6. The SMILES string of the molecule is Cc1c(OC(C)(C)C)n2c3[nH]n(C(=O)OC(C)(C)C)c4cc(=S)cc(c43)n(C(=O)OC(C)(C)C)c3cccc1c32. The van der Waals surface area contributed by atoms with Gasteiger partial charge in [-0.05, 0) is 87.4 Å². The molecule has 0 amide bonds. The molecule has 0 fully saturated rings. The zero-order chi connectivity index (χ0) is 29.5. The highest BCUT2D eigenvalue weighted by atomic mass is 32.1. The van der Waals surface area contributed by atoms with Gasteiger partial charge in [-0.15, -0.1) is 0 Å². The van der Waals surface area contributed by atoms with Gasteiger partial charge in [0.2, 0.25) is 5.88 Å². The van der Waals surface area contributed by atoms with Crippen LogP contribution in [0.4, 0.5) is 9.59 Å². The van der Waals surface area contributed by atoms with Gasteiger partial charge in [0.15, 0.2) is 0 Å². The van der Waals surface area contributed by atoms with Gasteiger partial charge in [0, 0.05) is 15.5 Å². The Bertz CT molecular complexity index is 1900. The zero-order valence-electron chi connectivity index (χ0n) is 24.7. The highest BCUT2D eigenvalue weighted by Gasteiger charge is 2.30. The maximum Gasteiger partial charge on any atom is 0.434 e. The molecule has 5 rings (SSSR count). The van der Waals surface area contributed by atoms with Crippen LogP contribution in [0.3, 0.4) is 0 Å². The van der Waals surface area contributed by atoms with Crippen molar-refractivity contribution in [2.24, 2.45) is 0 Å². The Hall–Kier alpha value is -3.79. The fourth-order valence-electron chi connectivity index (χ4n) is 4.91. The van der Waals surface area contributed by atoms with Crippen LogP contribution in [0.25, 0.3) is 38.5 Å². The van der Waals surface area contributed by atoms with Crippen LogP contribution in [0.2, 0.25) is 0 Å². The zero-order valence-corrected chi connectivity index (χ0v) is 25.5. The van der Waals surface area contributed by atoms with E-state index in [0.29, 0.717) is 38.0 Å². The molecular weight excluding hydrogens is 528 g/mol. The number of nitrogens with one attached hydrogen (secondary N) is 1. The summed E-state index contributed by atoms with van der Waals surface area (Å²) in [7, 11) is 0. The largest absolute Gasteiger partial charge is 0.473 e. The Morgan fingerprint density at radius 1 is 0.825 bits per heavy atom. The van der Waals surface area contributed by atoms with Crippen LogP contribution < -0.4 is 4.74 Å². The Morgan fingerprint density at radius 3 is 2.02 bits per heavy atom. The summed E-state index contributed by atoms with van der Waals surface area (Å²) < 4.78 is 23.4. The number of aromatic amines is 1. The molecule has 10 heteroatoms. The molecule has 1 N–H and O–H groups in total. The number of hydrogen-bond donors (Lipinski definition) is 1. The number of hydrogen-bond acceptors (Lipinski definition) is 6. The first-order valence-corrected chi connectivity index (χ1v) is 13.7. The summed E-state index contributed by atoms with van der Waals surface area (Å²) in [5, 5.41) is 4.76. The van der Waals surface area contributed by atoms with E-state index in [1.165, 1.54) is 9.25 Å². The third-order valence-corrected chi connectivity index (χ3v) is 6.43. The van der Waals surface area contributed by atoms with Crippen LogP contribution in [0, 0.1) is 11.4 Å². The second-order valence-electron chi connectivity index (χ2n) is 13.1. The smallest absolute Gasteiger partial charge is 0.434 e. The quantitative estimate of drug-likeness (QED) is 0.207. The normalized spacial score (nSPS) is 13.1. The summed E-state index contributed by atoms with van der Waals surface area (Å²) in [6.07, 6.45) is -1.17. The van der Waals surface area contributed by atoms with Crippen LogP contribution in [0.1, 0.15) is 67.9 Å². The number of benzene rings is 2. The molecule has 0 radical (unpaired) electrons. The Kier molecular flexibility index (Phi) is 6.15. The molecule has 3 heterocycles. The van der Waals surface area contributed by atoms with E-state index in [1.807, 2.05) is 71.1 Å². The molecule has 0 atom stereocenters. The lowest BCUT2D eigenvalue weighted by molar-refractivity contribution is 0.0520. The molecule has 40 heavy (non-hydrogen) atoms. The van der Waals surface area contributed by atoms with Crippen molar-refractivity contribution in [1.29, 1.82) is 0 Å². The van der Waals surface area contributed by atoms with Gasteiger partial charge >= 0.3 is 12.2 Å². The molecule has 212 valence electrons. The minimum atomic E-state index is -0.752. The molecule has 0 saturated carbocycles. The fraction of sp³-hybridized carbons (Fsp3) is 0.433. The first-order valence-electron chi connectivity index (χ1n) is 13.2. The third-order valence-electron chi connectivity index (χ3n) is 6.19. The Morgan fingerprint density at radius 2 is 1.43 bits per heavy atom. The van der Waals surface area contributed by atoms with Crippen molar-refractivity contribution in [2.45, 2.75) is 86.0 Å². The van der Waals surface area contributed by atoms with E-state index in [2.05, 4.69) is 5.10 Å². The number of ether oxygens (including phenoxy) is 3. The average Bonchev–Trinajstić information content (AvgIpc) is 3.22. The number of nitrogens with zero attached hydrogens (tertiary/aromatic N) is 3. The van der Waals surface area contributed by atoms with Crippen molar-refractivity contribution in [2.75, 3.05) is 0 Å². The van der Waals surface area contributed by atoms with Crippen LogP contribution >= 0.6 is 12.2 Å². The van der Waals surface area contributed by atoms with Crippen molar-refractivity contribution >= 4 is 62.9 Å². The van der Waals surface area contributed by atoms with Gasteiger partial charge in [0.1, 0.15) is 22.5 Å². The molecule has 0 aliphatic rings. The van der Waals surface area contributed by atoms with Crippen LogP contribution in [-0.4, -0.2) is 47.7 Å². The number of para-hydroxylation sites is 1. The van der Waals surface area contributed by atoms with Crippen molar-refractivity contribution in [3.8, 4) is 5.88 Å². The number of carbonyl (C=O) groups is 2. The predicted molar refractivity (Wildman–Crippen MR) is 159 cm³/mol. The van der Waals surface area contributed by atoms with E-state index < -0.39 is 29.0 Å².